The number of aryl methyl sites for hydroxylation is 1. The van der Waals surface area contributed by atoms with Crippen molar-refractivity contribution < 1.29 is 19.1 Å². The molecule has 0 aliphatic rings. The summed E-state index contributed by atoms with van der Waals surface area (Å²) in [5, 5.41) is 7.94. The fourth-order valence-electron chi connectivity index (χ4n) is 2.54. The zero-order valence-corrected chi connectivity index (χ0v) is 16.9. The van der Waals surface area contributed by atoms with Crippen molar-refractivity contribution in [1.82, 2.24) is 10.6 Å². The largest absolute Gasteiger partial charge is 0.497 e. The minimum atomic E-state index is -0.735. The molecule has 0 fully saturated rings. The van der Waals surface area contributed by atoms with Crippen molar-refractivity contribution in [3.05, 3.63) is 65.2 Å². The molecule has 3 amide bonds. The van der Waals surface area contributed by atoms with E-state index in [1.54, 1.807) is 64.4 Å². The summed E-state index contributed by atoms with van der Waals surface area (Å²) in [4.78, 5) is 36.1. The van der Waals surface area contributed by atoms with Crippen LogP contribution in [0.3, 0.4) is 0 Å². The Balaban J connectivity index is 1.93. The molecular weight excluding hydrogens is 370 g/mol. The average molecular weight is 395 g/mol. The monoisotopic (exact) mass is 395 g/mol. The highest BCUT2D eigenvalue weighted by atomic mass is 16.5. The van der Waals surface area contributed by atoms with Crippen LogP contribution in [0.5, 0.6) is 5.75 Å². The van der Waals surface area contributed by atoms with E-state index in [9.17, 15) is 14.4 Å². The van der Waals surface area contributed by atoms with Gasteiger partial charge in [-0.1, -0.05) is 12.1 Å². The third-order valence-electron chi connectivity index (χ3n) is 4.27. The quantitative estimate of drug-likeness (QED) is 0.628. The number of hydrogen-bond acceptors (Lipinski definition) is 4. The maximum absolute atomic E-state index is 12.4. The highest BCUT2D eigenvalue weighted by Gasteiger charge is 2.16. The summed E-state index contributed by atoms with van der Waals surface area (Å²) < 4.78 is 5.09. The van der Waals surface area contributed by atoms with E-state index in [0.717, 1.165) is 16.9 Å². The number of benzene rings is 2. The van der Waals surface area contributed by atoms with Crippen LogP contribution < -0.4 is 20.7 Å². The van der Waals surface area contributed by atoms with E-state index in [1.807, 2.05) is 12.1 Å². The summed E-state index contributed by atoms with van der Waals surface area (Å²) in [6.45, 7) is 3.39. The molecule has 0 bridgehead atoms. The first kappa shape index (κ1) is 21.7. The highest BCUT2D eigenvalue weighted by molar-refractivity contribution is 6.01. The van der Waals surface area contributed by atoms with Gasteiger partial charge in [0.15, 0.2) is 0 Å². The number of carbonyl (C=O) groups is 3. The normalized spacial score (nSPS) is 11.6. The van der Waals surface area contributed by atoms with Gasteiger partial charge in [0, 0.05) is 24.4 Å². The van der Waals surface area contributed by atoms with Crippen LogP contribution in [0.2, 0.25) is 0 Å². The molecule has 2 aromatic carbocycles. The SMILES string of the molecule is CNC(=O)c1ccc(NC(=O)C(C)NC(=O)C=Cc2ccc(OC)cc2)c(C)c1. The van der Waals surface area contributed by atoms with Crippen molar-refractivity contribution in [2.75, 3.05) is 19.5 Å². The van der Waals surface area contributed by atoms with Gasteiger partial charge in [-0.15, -0.1) is 0 Å². The molecule has 1 unspecified atom stereocenters. The lowest BCUT2D eigenvalue weighted by molar-refractivity contribution is -0.123. The van der Waals surface area contributed by atoms with Gasteiger partial charge in [0.25, 0.3) is 5.91 Å². The molecule has 7 nitrogen and oxygen atoms in total. The van der Waals surface area contributed by atoms with Crippen LogP contribution in [0.1, 0.15) is 28.4 Å². The lowest BCUT2D eigenvalue weighted by Gasteiger charge is -2.15. The van der Waals surface area contributed by atoms with Crippen LogP contribution >= 0.6 is 0 Å². The van der Waals surface area contributed by atoms with Gasteiger partial charge in [0.05, 0.1) is 7.11 Å². The summed E-state index contributed by atoms with van der Waals surface area (Å²) in [6.07, 6.45) is 3.02. The molecule has 152 valence electrons. The van der Waals surface area contributed by atoms with Crippen LogP contribution in [0.15, 0.2) is 48.5 Å². The van der Waals surface area contributed by atoms with Gasteiger partial charge in [-0.2, -0.15) is 0 Å². The summed E-state index contributed by atoms with van der Waals surface area (Å²) in [6, 6.07) is 11.5. The summed E-state index contributed by atoms with van der Waals surface area (Å²) in [7, 11) is 3.14. The maximum Gasteiger partial charge on any atom is 0.251 e. The Bertz CT molecular complexity index is 920. The first-order chi connectivity index (χ1) is 13.8. The molecule has 2 aromatic rings. The van der Waals surface area contributed by atoms with E-state index in [1.165, 1.54) is 6.08 Å². The van der Waals surface area contributed by atoms with E-state index in [2.05, 4.69) is 16.0 Å². The molecule has 29 heavy (non-hydrogen) atoms. The van der Waals surface area contributed by atoms with E-state index >= 15 is 0 Å². The number of ether oxygens (including phenoxy) is 1. The Kier molecular flexibility index (Phi) is 7.54. The maximum atomic E-state index is 12.4. The second kappa shape index (κ2) is 10.1. The number of methoxy groups -OCH3 is 1. The van der Waals surface area contributed by atoms with Crippen LogP contribution in [-0.4, -0.2) is 37.9 Å². The second-order valence-electron chi connectivity index (χ2n) is 6.43. The van der Waals surface area contributed by atoms with Gasteiger partial charge in [-0.25, -0.2) is 0 Å². The minimum Gasteiger partial charge on any atom is -0.497 e. The third kappa shape index (κ3) is 6.21. The molecule has 0 aliphatic heterocycles. The molecule has 0 saturated carbocycles. The van der Waals surface area contributed by atoms with Crippen LogP contribution in [-0.2, 0) is 9.59 Å². The predicted octanol–water partition coefficient (Wildman–Crippen LogP) is 2.52. The Morgan fingerprint density at radius 1 is 1.07 bits per heavy atom. The zero-order chi connectivity index (χ0) is 21.4. The number of anilines is 1. The molecule has 0 heterocycles. The predicted molar refractivity (Wildman–Crippen MR) is 113 cm³/mol. The second-order valence-corrected chi connectivity index (χ2v) is 6.43. The van der Waals surface area contributed by atoms with Crippen molar-refractivity contribution >= 4 is 29.5 Å². The van der Waals surface area contributed by atoms with Gasteiger partial charge in [0.1, 0.15) is 11.8 Å². The molecule has 0 spiro atoms. The highest BCUT2D eigenvalue weighted by Crippen LogP contribution is 2.17. The Labute approximate surface area is 170 Å². The van der Waals surface area contributed by atoms with Crippen LogP contribution in [0.25, 0.3) is 6.08 Å². The Hall–Kier alpha value is -3.61. The van der Waals surface area contributed by atoms with Crippen molar-refractivity contribution in [3.8, 4) is 5.75 Å². The molecule has 0 aromatic heterocycles. The van der Waals surface area contributed by atoms with Gasteiger partial charge < -0.3 is 20.7 Å². The number of amides is 3. The molecule has 2 rings (SSSR count). The van der Waals surface area contributed by atoms with Crippen LogP contribution in [0.4, 0.5) is 5.69 Å². The van der Waals surface area contributed by atoms with E-state index in [0.29, 0.717) is 11.3 Å². The first-order valence-corrected chi connectivity index (χ1v) is 9.10. The summed E-state index contributed by atoms with van der Waals surface area (Å²) in [5.41, 5.74) is 2.67. The van der Waals surface area contributed by atoms with Gasteiger partial charge in [-0.3, -0.25) is 14.4 Å². The number of nitrogens with one attached hydrogen (secondary N) is 3. The standard InChI is InChI=1S/C22H25N3O4/c1-14-13-17(22(28)23-3)8-11-19(14)25-21(27)15(2)24-20(26)12-7-16-5-9-18(29-4)10-6-16/h5-13,15H,1-4H3,(H,23,28)(H,24,26)(H,25,27). The lowest BCUT2D eigenvalue weighted by atomic mass is 10.1. The third-order valence-corrected chi connectivity index (χ3v) is 4.27. The molecule has 7 heteroatoms. The molecule has 3 N–H and O–H groups in total. The molecular formula is C22H25N3O4. The number of hydrogen-bond donors (Lipinski definition) is 3. The van der Waals surface area contributed by atoms with Gasteiger partial charge >= 0.3 is 0 Å². The number of carbonyl (C=O) groups excluding carboxylic acids is 3. The fraction of sp³-hybridized carbons (Fsp3) is 0.227. The average Bonchev–Trinajstić information content (AvgIpc) is 2.73. The van der Waals surface area contributed by atoms with Crippen LogP contribution in [0, 0.1) is 6.92 Å². The van der Waals surface area contributed by atoms with Gasteiger partial charge in [-0.05, 0) is 61.4 Å². The summed E-state index contributed by atoms with van der Waals surface area (Å²) >= 11 is 0. The molecule has 0 radical (unpaired) electrons. The van der Waals surface area contributed by atoms with E-state index in [-0.39, 0.29) is 17.7 Å². The lowest BCUT2D eigenvalue weighted by Crippen LogP contribution is -2.41. The van der Waals surface area contributed by atoms with Crippen molar-refractivity contribution in [1.29, 1.82) is 0 Å². The van der Waals surface area contributed by atoms with Crippen molar-refractivity contribution in [3.63, 3.8) is 0 Å². The smallest absolute Gasteiger partial charge is 0.251 e. The summed E-state index contributed by atoms with van der Waals surface area (Å²) in [5.74, 6) is -0.201. The first-order valence-electron chi connectivity index (χ1n) is 9.10. The molecule has 0 aliphatic carbocycles. The van der Waals surface area contributed by atoms with Gasteiger partial charge in [0.2, 0.25) is 11.8 Å². The molecule has 0 saturated heterocycles. The topological polar surface area (TPSA) is 96.5 Å². The molecule has 1 atom stereocenters. The Morgan fingerprint density at radius 2 is 1.76 bits per heavy atom. The zero-order valence-electron chi connectivity index (χ0n) is 16.9. The number of rotatable bonds is 7. The van der Waals surface area contributed by atoms with E-state index in [4.69, 9.17) is 4.74 Å². The van der Waals surface area contributed by atoms with E-state index < -0.39 is 6.04 Å². The fourth-order valence-corrected chi connectivity index (χ4v) is 2.54. The van der Waals surface area contributed by atoms with Crippen molar-refractivity contribution in [2.45, 2.75) is 19.9 Å². The Morgan fingerprint density at radius 3 is 2.34 bits per heavy atom. The minimum absolute atomic E-state index is 0.199. The van der Waals surface area contributed by atoms with Crippen molar-refractivity contribution in [2.24, 2.45) is 0 Å².